The highest BCUT2D eigenvalue weighted by Crippen LogP contribution is 2.12. The number of carbonyl (C=O) groups is 1. The number of rotatable bonds is 7. The molecular formula is C18H26N4O. The van der Waals surface area contributed by atoms with Crippen LogP contribution in [0.4, 0.5) is 5.69 Å². The smallest absolute Gasteiger partial charge is 0.241 e. The van der Waals surface area contributed by atoms with Gasteiger partial charge in [-0.2, -0.15) is 0 Å². The maximum Gasteiger partial charge on any atom is 0.241 e. The summed E-state index contributed by atoms with van der Waals surface area (Å²) in [6.45, 7) is 7.62. The van der Waals surface area contributed by atoms with Crippen LogP contribution in [0.3, 0.4) is 0 Å². The number of benzene rings is 1. The van der Waals surface area contributed by atoms with Crippen molar-refractivity contribution in [3.63, 3.8) is 0 Å². The highest BCUT2D eigenvalue weighted by molar-refractivity contribution is 5.94. The molecule has 1 aromatic heterocycles. The summed E-state index contributed by atoms with van der Waals surface area (Å²) in [6.07, 6.45) is 4.71. The fraction of sp³-hybridized carbons (Fsp3) is 0.444. The van der Waals surface area contributed by atoms with E-state index in [1.165, 1.54) is 5.56 Å². The summed E-state index contributed by atoms with van der Waals surface area (Å²) in [5.41, 5.74) is 2.01. The number of aryl methyl sites for hydroxylation is 2. The SMILES string of the molecule is CCCN(Cc1nccn1C)[C@@H](C)C(=O)Nc1ccc(C)cc1. The second-order valence-corrected chi connectivity index (χ2v) is 5.96. The van der Waals surface area contributed by atoms with Crippen molar-refractivity contribution in [2.45, 2.75) is 39.8 Å². The maximum absolute atomic E-state index is 12.5. The molecule has 1 N–H and O–H groups in total. The van der Waals surface area contributed by atoms with Gasteiger partial charge in [0.2, 0.25) is 5.91 Å². The van der Waals surface area contributed by atoms with E-state index in [0.717, 1.165) is 24.5 Å². The molecular weight excluding hydrogens is 288 g/mol. The average Bonchev–Trinajstić information content (AvgIpc) is 2.93. The largest absolute Gasteiger partial charge is 0.337 e. The molecule has 124 valence electrons. The van der Waals surface area contributed by atoms with Crippen LogP contribution < -0.4 is 5.32 Å². The van der Waals surface area contributed by atoms with Crippen molar-refractivity contribution in [3.05, 3.63) is 48.0 Å². The standard InChI is InChI=1S/C18H26N4O/c1-5-11-22(13-17-19-10-12-21(17)4)15(3)18(23)20-16-8-6-14(2)7-9-16/h6-10,12,15H,5,11,13H2,1-4H3,(H,20,23)/t15-/m0/s1. The van der Waals surface area contributed by atoms with E-state index in [4.69, 9.17) is 0 Å². The number of imidazole rings is 1. The third kappa shape index (κ3) is 4.66. The van der Waals surface area contributed by atoms with Gasteiger partial charge in [-0.25, -0.2) is 4.98 Å². The molecule has 2 aromatic rings. The zero-order valence-corrected chi connectivity index (χ0v) is 14.4. The van der Waals surface area contributed by atoms with Gasteiger partial charge in [0, 0.05) is 25.1 Å². The summed E-state index contributed by atoms with van der Waals surface area (Å²) in [4.78, 5) is 19.1. The van der Waals surface area contributed by atoms with Crippen LogP contribution >= 0.6 is 0 Å². The average molecular weight is 314 g/mol. The number of hydrogen-bond donors (Lipinski definition) is 1. The molecule has 0 aliphatic heterocycles. The molecule has 0 unspecified atom stereocenters. The first kappa shape index (κ1) is 17.2. The monoisotopic (exact) mass is 314 g/mol. The third-order valence-electron chi connectivity index (χ3n) is 4.02. The van der Waals surface area contributed by atoms with Gasteiger partial charge in [0.15, 0.2) is 0 Å². The molecule has 0 spiro atoms. The molecule has 0 aliphatic rings. The molecule has 1 amide bonds. The Morgan fingerprint density at radius 1 is 1.35 bits per heavy atom. The summed E-state index contributed by atoms with van der Waals surface area (Å²) in [5, 5.41) is 2.99. The van der Waals surface area contributed by atoms with Gasteiger partial charge in [0.1, 0.15) is 5.82 Å². The minimum atomic E-state index is -0.215. The first-order chi connectivity index (χ1) is 11.0. The Bertz CT molecular complexity index is 633. The molecule has 1 aromatic carbocycles. The molecule has 0 aliphatic carbocycles. The summed E-state index contributed by atoms with van der Waals surface area (Å²) in [6, 6.07) is 7.65. The molecule has 0 bridgehead atoms. The second kappa shape index (κ2) is 7.92. The molecule has 0 fully saturated rings. The fourth-order valence-electron chi connectivity index (χ4n) is 2.48. The number of nitrogens with zero attached hydrogens (tertiary/aromatic N) is 3. The van der Waals surface area contributed by atoms with Crippen molar-refractivity contribution in [2.75, 3.05) is 11.9 Å². The van der Waals surface area contributed by atoms with Crippen molar-refractivity contribution >= 4 is 11.6 Å². The fourth-order valence-corrected chi connectivity index (χ4v) is 2.48. The van der Waals surface area contributed by atoms with E-state index in [1.807, 2.05) is 55.9 Å². The minimum absolute atomic E-state index is 0.0107. The van der Waals surface area contributed by atoms with Crippen LogP contribution in [0, 0.1) is 6.92 Å². The van der Waals surface area contributed by atoms with Crippen molar-refractivity contribution in [3.8, 4) is 0 Å². The van der Waals surface area contributed by atoms with Crippen molar-refractivity contribution in [1.82, 2.24) is 14.5 Å². The Hall–Kier alpha value is -2.14. The van der Waals surface area contributed by atoms with Crippen LogP contribution in [0.25, 0.3) is 0 Å². The summed E-state index contributed by atoms with van der Waals surface area (Å²) < 4.78 is 1.99. The minimum Gasteiger partial charge on any atom is -0.337 e. The second-order valence-electron chi connectivity index (χ2n) is 5.96. The number of amides is 1. The van der Waals surface area contributed by atoms with Gasteiger partial charge in [0.05, 0.1) is 12.6 Å². The van der Waals surface area contributed by atoms with E-state index in [2.05, 4.69) is 22.1 Å². The highest BCUT2D eigenvalue weighted by Gasteiger charge is 2.22. The zero-order valence-electron chi connectivity index (χ0n) is 14.4. The van der Waals surface area contributed by atoms with Crippen LogP contribution in [-0.4, -0.2) is 32.9 Å². The summed E-state index contributed by atoms with van der Waals surface area (Å²) in [7, 11) is 1.98. The van der Waals surface area contributed by atoms with Crippen LogP contribution in [0.5, 0.6) is 0 Å². The third-order valence-corrected chi connectivity index (χ3v) is 4.02. The van der Waals surface area contributed by atoms with E-state index in [9.17, 15) is 4.79 Å². The van der Waals surface area contributed by atoms with Gasteiger partial charge in [-0.15, -0.1) is 0 Å². The van der Waals surface area contributed by atoms with Crippen molar-refractivity contribution < 1.29 is 4.79 Å². The Balaban J connectivity index is 2.04. The Morgan fingerprint density at radius 2 is 2.04 bits per heavy atom. The lowest BCUT2D eigenvalue weighted by molar-refractivity contribution is -0.121. The van der Waals surface area contributed by atoms with Crippen LogP contribution in [-0.2, 0) is 18.4 Å². The topological polar surface area (TPSA) is 50.2 Å². The lowest BCUT2D eigenvalue weighted by Crippen LogP contribution is -2.42. The number of aromatic nitrogens is 2. The molecule has 5 nitrogen and oxygen atoms in total. The Kier molecular flexibility index (Phi) is 5.93. The molecule has 1 atom stereocenters. The molecule has 5 heteroatoms. The van der Waals surface area contributed by atoms with Crippen LogP contribution in [0.1, 0.15) is 31.7 Å². The number of anilines is 1. The molecule has 1 heterocycles. The number of carbonyl (C=O) groups excluding carboxylic acids is 1. The molecule has 2 rings (SSSR count). The van der Waals surface area contributed by atoms with E-state index in [-0.39, 0.29) is 11.9 Å². The summed E-state index contributed by atoms with van der Waals surface area (Å²) in [5.74, 6) is 0.977. The molecule has 23 heavy (non-hydrogen) atoms. The highest BCUT2D eigenvalue weighted by atomic mass is 16.2. The molecule has 0 saturated carbocycles. The van der Waals surface area contributed by atoms with Gasteiger partial charge in [-0.1, -0.05) is 24.6 Å². The molecule has 0 radical (unpaired) electrons. The molecule has 0 saturated heterocycles. The lowest BCUT2D eigenvalue weighted by Gasteiger charge is -2.27. The van der Waals surface area contributed by atoms with Gasteiger partial charge in [-0.05, 0) is 38.9 Å². The summed E-state index contributed by atoms with van der Waals surface area (Å²) >= 11 is 0. The van der Waals surface area contributed by atoms with Gasteiger partial charge >= 0.3 is 0 Å². The van der Waals surface area contributed by atoms with Crippen LogP contribution in [0.2, 0.25) is 0 Å². The number of nitrogens with one attached hydrogen (secondary N) is 1. The predicted octanol–water partition coefficient (Wildman–Crippen LogP) is 2.97. The zero-order chi connectivity index (χ0) is 16.8. The van der Waals surface area contributed by atoms with Gasteiger partial charge < -0.3 is 9.88 Å². The number of hydrogen-bond acceptors (Lipinski definition) is 3. The lowest BCUT2D eigenvalue weighted by atomic mass is 10.2. The van der Waals surface area contributed by atoms with E-state index in [1.54, 1.807) is 6.20 Å². The van der Waals surface area contributed by atoms with E-state index in [0.29, 0.717) is 6.54 Å². The quantitative estimate of drug-likeness (QED) is 0.855. The van der Waals surface area contributed by atoms with Crippen LogP contribution in [0.15, 0.2) is 36.7 Å². The van der Waals surface area contributed by atoms with E-state index >= 15 is 0 Å². The van der Waals surface area contributed by atoms with Gasteiger partial charge in [-0.3, -0.25) is 9.69 Å². The van der Waals surface area contributed by atoms with Crippen molar-refractivity contribution in [2.24, 2.45) is 7.05 Å². The Morgan fingerprint density at radius 3 is 2.61 bits per heavy atom. The predicted molar refractivity (Wildman–Crippen MR) is 93.2 cm³/mol. The van der Waals surface area contributed by atoms with Crippen molar-refractivity contribution in [1.29, 1.82) is 0 Å². The van der Waals surface area contributed by atoms with E-state index < -0.39 is 0 Å². The normalized spacial score (nSPS) is 12.4. The first-order valence-corrected chi connectivity index (χ1v) is 8.09. The first-order valence-electron chi connectivity index (χ1n) is 8.09. The maximum atomic E-state index is 12.5. The van der Waals surface area contributed by atoms with Gasteiger partial charge in [0.25, 0.3) is 0 Å². The Labute approximate surface area is 138 Å².